The zero-order chi connectivity index (χ0) is 20.4. The number of hydrogen-bond acceptors (Lipinski definition) is 3. The van der Waals surface area contributed by atoms with Gasteiger partial charge in [0.05, 0.1) is 5.02 Å². The van der Waals surface area contributed by atoms with Gasteiger partial charge in [0.2, 0.25) is 0 Å². The van der Waals surface area contributed by atoms with Crippen molar-refractivity contribution in [2.24, 2.45) is 0 Å². The first kappa shape index (κ1) is 25.1. The minimum atomic E-state index is -0.386. The molecule has 2 aromatic carbocycles. The third kappa shape index (κ3) is 7.45. The summed E-state index contributed by atoms with van der Waals surface area (Å²) in [5.41, 5.74) is 0.762. The van der Waals surface area contributed by atoms with Crippen molar-refractivity contribution < 1.29 is 14.3 Å². The van der Waals surface area contributed by atoms with E-state index in [0.717, 1.165) is 16.6 Å². The summed E-state index contributed by atoms with van der Waals surface area (Å²) in [4.78, 5) is 12.9. The maximum absolute atomic E-state index is 12.9. The normalized spacial score (nSPS) is 12.0. The van der Waals surface area contributed by atoms with Gasteiger partial charge in [-0.2, -0.15) is 0 Å². The standard InChI is InChI=1S/C22H28ClO3P.Li.H/c1-14-9-8-10-16(23)19(14)20(24)27-18-12-11-15(25-21(2,3)4)13-17(18)26-22(5,6)7;;/h8-13,27H,1-7H3;;. The van der Waals surface area contributed by atoms with Crippen LogP contribution in [0.15, 0.2) is 36.4 Å². The number of aryl methyl sites for hydroxylation is 1. The quantitative estimate of drug-likeness (QED) is 0.479. The second-order valence-electron chi connectivity index (χ2n) is 8.47. The van der Waals surface area contributed by atoms with Crippen LogP contribution in [0.5, 0.6) is 11.5 Å². The van der Waals surface area contributed by atoms with Crippen LogP contribution in [0.1, 0.15) is 57.5 Å². The van der Waals surface area contributed by atoms with Crippen molar-refractivity contribution in [3.8, 4) is 11.5 Å². The van der Waals surface area contributed by atoms with E-state index in [1.54, 1.807) is 6.07 Å². The Hall–Kier alpha value is -0.973. The van der Waals surface area contributed by atoms with E-state index in [1.165, 1.54) is 0 Å². The van der Waals surface area contributed by atoms with Crippen LogP contribution in [-0.2, 0) is 0 Å². The van der Waals surface area contributed by atoms with Crippen molar-refractivity contribution in [2.45, 2.75) is 59.7 Å². The first-order chi connectivity index (χ1) is 12.4. The Morgan fingerprint density at radius 2 is 1.57 bits per heavy atom. The molecule has 0 aliphatic carbocycles. The fourth-order valence-electron chi connectivity index (χ4n) is 2.54. The van der Waals surface area contributed by atoms with Crippen LogP contribution in [-0.4, -0.2) is 35.6 Å². The molecule has 0 saturated heterocycles. The topological polar surface area (TPSA) is 35.5 Å². The summed E-state index contributed by atoms with van der Waals surface area (Å²) in [6, 6.07) is 11.2. The first-order valence-electron chi connectivity index (χ1n) is 8.94. The predicted molar refractivity (Wildman–Crippen MR) is 123 cm³/mol. The van der Waals surface area contributed by atoms with Crippen molar-refractivity contribution in [3.05, 3.63) is 52.5 Å². The fourth-order valence-corrected chi connectivity index (χ4v) is 4.04. The minimum absolute atomic E-state index is 0. The van der Waals surface area contributed by atoms with Gasteiger partial charge < -0.3 is 9.47 Å². The van der Waals surface area contributed by atoms with Crippen molar-refractivity contribution in [3.63, 3.8) is 0 Å². The molecule has 1 unspecified atom stereocenters. The van der Waals surface area contributed by atoms with Gasteiger partial charge in [0, 0.05) is 16.9 Å². The zero-order valence-corrected chi connectivity index (χ0v) is 18.8. The zero-order valence-electron chi connectivity index (χ0n) is 17.1. The van der Waals surface area contributed by atoms with Crippen molar-refractivity contribution in [1.29, 1.82) is 0 Å². The number of ether oxygens (including phenoxy) is 2. The van der Waals surface area contributed by atoms with E-state index >= 15 is 0 Å². The van der Waals surface area contributed by atoms with E-state index < -0.39 is 0 Å². The molecule has 2 aromatic rings. The molecule has 6 heteroatoms. The van der Waals surface area contributed by atoms with Gasteiger partial charge in [-0.3, -0.25) is 4.79 Å². The van der Waals surface area contributed by atoms with Gasteiger partial charge in [-0.15, -0.1) is 0 Å². The second-order valence-corrected chi connectivity index (χ2v) is 10.1. The first-order valence-corrected chi connectivity index (χ1v) is 10.3. The fraction of sp³-hybridized carbons (Fsp3) is 0.409. The van der Waals surface area contributed by atoms with Crippen LogP contribution >= 0.6 is 20.2 Å². The SMILES string of the molecule is Cc1cccc(Cl)c1C(=O)Pc1ccc(OC(C)(C)C)cc1OC(C)(C)C.[LiH]. The van der Waals surface area contributed by atoms with Crippen molar-refractivity contribution >= 4 is 49.9 Å². The van der Waals surface area contributed by atoms with Crippen LogP contribution in [0.3, 0.4) is 0 Å². The van der Waals surface area contributed by atoms with Gasteiger partial charge in [-0.1, -0.05) is 23.7 Å². The Morgan fingerprint density at radius 3 is 2.11 bits per heavy atom. The average molecular weight is 415 g/mol. The molecule has 0 aliphatic heterocycles. The number of carbonyl (C=O) groups is 1. The number of halogens is 1. The summed E-state index contributed by atoms with van der Waals surface area (Å²) < 4.78 is 12.1. The van der Waals surface area contributed by atoms with Gasteiger partial charge in [0.25, 0.3) is 0 Å². The van der Waals surface area contributed by atoms with Gasteiger partial charge in [-0.05, 0) is 80.8 Å². The maximum atomic E-state index is 12.9. The van der Waals surface area contributed by atoms with Crippen LogP contribution in [0.4, 0.5) is 0 Å². The van der Waals surface area contributed by atoms with Gasteiger partial charge in [0.15, 0.2) is 5.52 Å². The molecule has 2 rings (SSSR count). The van der Waals surface area contributed by atoms with E-state index in [2.05, 4.69) is 0 Å². The second kappa shape index (κ2) is 9.69. The predicted octanol–water partition coefficient (Wildman–Crippen LogP) is 5.50. The molecule has 0 N–H and O–H groups in total. The van der Waals surface area contributed by atoms with E-state index in [4.69, 9.17) is 21.1 Å². The summed E-state index contributed by atoms with van der Waals surface area (Å²) in [7, 11) is -0.0863. The Labute approximate surface area is 187 Å². The van der Waals surface area contributed by atoms with E-state index in [0.29, 0.717) is 16.3 Å². The van der Waals surface area contributed by atoms with E-state index in [9.17, 15) is 4.79 Å². The number of benzene rings is 2. The molecule has 3 nitrogen and oxygen atoms in total. The third-order valence-electron chi connectivity index (χ3n) is 3.49. The van der Waals surface area contributed by atoms with Gasteiger partial charge >= 0.3 is 18.9 Å². The Kier molecular flexibility index (Phi) is 8.67. The molecule has 0 aliphatic rings. The van der Waals surface area contributed by atoms with Gasteiger partial charge in [0.1, 0.15) is 22.7 Å². The molecule has 0 fully saturated rings. The molecule has 0 aromatic heterocycles. The molecular weight excluding hydrogens is 386 g/mol. The molecular formula is C22H29ClLiO3P. The number of carbonyl (C=O) groups excluding carboxylic acids is 1. The van der Waals surface area contributed by atoms with E-state index in [1.807, 2.05) is 78.8 Å². The molecule has 0 amide bonds. The molecule has 28 heavy (non-hydrogen) atoms. The number of hydrogen-bond donors (Lipinski definition) is 0. The third-order valence-corrected chi connectivity index (χ3v) is 4.96. The Bertz CT molecular complexity index is 818. The molecule has 0 saturated carbocycles. The van der Waals surface area contributed by atoms with E-state index in [-0.39, 0.29) is 44.2 Å². The summed E-state index contributed by atoms with van der Waals surface area (Å²) in [6.45, 7) is 13.8. The monoisotopic (exact) mass is 414 g/mol. The van der Waals surface area contributed by atoms with Crippen LogP contribution in [0, 0.1) is 6.92 Å². The summed E-state index contributed by atoms with van der Waals surface area (Å²) in [5.74, 6) is 1.39. The molecule has 0 bridgehead atoms. The van der Waals surface area contributed by atoms with Crippen LogP contribution in [0.25, 0.3) is 0 Å². The molecule has 1 atom stereocenters. The van der Waals surface area contributed by atoms with Crippen LogP contribution in [0.2, 0.25) is 5.02 Å². The average Bonchev–Trinajstić information content (AvgIpc) is 2.46. The molecule has 0 spiro atoms. The van der Waals surface area contributed by atoms with Crippen LogP contribution < -0.4 is 14.8 Å². The summed E-state index contributed by atoms with van der Waals surface area (Å²) in [6.07, 6.45) is 0. The summed E-state index contributed by atoms with van der Waals surface area (Å²) in [5, 5.41) is 1.33. The Balaban J connectivity index is 0.00000392. The molecule has 0 heterocycles. The Morgan fingerprint density at radius 1 is 0.964 bits per heavy atom. The van der Waals surface area contributed by atoms with Gasteiger partial charge in [-0.25, -0.2) is 0 Å². The summed E-state index contributed by atoms with van der Waals surface area (Å²) >= 11 is 6.27. The van der Waals surface area contributed by atoms with Crippen molar-refractivity contribution in [2.75, 3.05) is 0 Å². The molecule has 0 radical (unpaired) electrons. The number of rotatable bonds is 5. The van der Waals surface area contributed by atoms with Crippen molar-refractivity contribution in [1.82, 2.24) is 0 Å². The molecule has 148 valence electrons.